The van der Waals surface area contributed by atoms with E-state index < -0.39 is 0 Å². The lowest BCUT2D eigenvalue weighted by atomic mass is 10.2. The largest absolute Gasteiger partial charge is 0.490 e. The SMILES string of the molecule is CCOc1cc(C=Nc2ccc(Oc3ccccc3)cc2)cc(Cl)c1OCC. The van der Waals surface area contributed by atoms with E-state index in [9.17, 15) is 0 Å². The molecular weight excluding hydrogens is 374 g/mol. The predicted molar refractivity (Wildman–Crippen MR) is 114 cm³/mol. The Morgan fingerprint density at radius 1 is 0.857 bits per heavy atom. The van der Waals surface area contributed by atoms with Gasteiger partial charge in [-0.15, -0.1) is 0 Å². The fourth-order valence-electron chi connectivity index (χ4n) is 2.58. The molecule has 3 rings (SSSR count). The third-order valence-electron chi connectivity index (χ3n) is 3.80. The summed E-state index contributed by atoms with van der Waals surface area (Å²) in [6.45, 7) is 4.88. The van der Waals surface area contributed by atoms with Gasteiger partial charge in [-0.05, 0) is 67.9 Å². The number of para-hydroxylation sites is 1. The maximum atomic E-state index is 6.35. The number of hydrogen-bond donors (Lipinski definition) is 0. The monoisotopic (exact) mass is 395 g/mol. The van der Waals surface area contributed by atoms with Crippen LogP contribution >= 0.6 is 11.6 Å². The fourth-order valence-corrected chi connectivity index (χ4v) is 2.86. The Balaban J connectivity index is 1.74. The number of benzene rings is 3. The number of ether oxygens (including phenoxy) is 3. The Morgan fingerprint density at radius 2 is 1.54 bits per heavy atom. The zero-order valence-corrected chi connectivity index (χ0v) is 16.6. The lowest BCUT2D eigenvalue weighted by Crippen LogP contribution is -2.00. The van der Waals surface area contributed by atoms with Crippen LogP contribution in [0.15, 0.2) is 71.7 Å². The molecule has 0 aliphatic carbocycles. The van der Waals surface area contributed by atoms with E-state index in [0.29, 0.717) is 29.7 Å². The molecule has 0 saturated carbocycles. The summed E-state index contributed by atoms with van der Waals surface area (Å²) in [5, 5.41) is 0.501. The molecule has 0 unspecified atom stereocenters. The van der Waals surface area contributed by atoms with Crippen LogP contribution in [0, 0.1) is 0 Å². The van der Waals surface area contributed by atoms with Crippen LogP contribution in [-0.2, 0) is 0 Å². The first-order chi connectivity index (χ1) is 13.7. The fraction of sp³-hybridized carbons (Fsp3) is 0.174. The maximum absolute atomic E-state index is 6.35. The number of halogens is 1. The summed E-state index contributed by atoms with van der Waals surface area (Å²) >= 11 is 6.35. The van der Waals surface area contributed by atoms with Crippen molar-refractivity contribution in [3.63, 3.8) is 0 Å². The van der Waals surface area contributed by atoms with Gasteiger partial charge in [0.05, 0.1) is 23.9 Å². The molecular formula is C23H22ClNO3. The molecule has 0 spiro atoms. The normalized spacial score (nSPS) is 10.8. The Kier molecular flexibility index (Phi) is 6.93. The standard InChI is InChI=1S/C23H22ClNO3/c1-3-26-22-15-17(14-21(24)23(22)27-4-2)16-25-18-10-12-20(13-11-18)28-19-8-6-5-7-9-19/h5-16H,3-4H2,1-2H3. The van der Waals surface area contributed by atoms with Gasteiger partial charge in [-0.25, -0.2) is 0 Å². The average Bonchev–Trinajstić information content (AvgIpc) is 2.71. The smallest absolute Gasteiger partial charge is 0.179 e. The lowest BCUT2D eigenvalue weighted by Gasteiger charge is -2.13. The van der Waals surface area contributed by atoms with Crippen molar-refractivity contribution in [2.45, 2.75) is 13.8 Å². The second kappa shape index (κ2) is 9.81. The van der Waals surface area contributed by atoms with E-state index in [2.05, 4.69) is 4.99 Å². The maximum Gasteiger partial charge on any atom is 0.179 e. The highest BCUT2D eigenvalue weighted by molar-refractivity contribution is 6.32. The zero-order valence-electron chi connectivity index (χ0n) is 15.9. The first-order valence-corrected chi connectivity index (χ1v) is 9.53. The summed E-state index contributed by atoms with van der Waals surface area (Å²) in [7, 11) is 0. The minimum absolute atomic E-state index is 0.501. The predicted octanol–water partition coefficient (Wildman–Crippen LogP) is 6.68. The first kappa shape index (κ1) is 19.8. The molecule has 3 aromatic rings. The first-order valence-electron chi connectivity index (χ1n) is 9.15. The van der Waals surface area contributed by atoms with E-state index in [1.807, 2.05) is 80.6 Å². The number of nitrogens with zero attached hydrogens (tertiary/aromatic N) is 1. The molecule has 0 amide bonds. The second-order valence-electron chi connectivity index (χ2n) is 5.86. The summed E-state index contributed by atoms with van der Waals surface area (Å²) < 4.78 is 17.0. The van der Waals surface area contributed by atoms with Crippen molar-refractivity contribution in [2.75, 3.05) is 13.2 Å². The Bertz CT molecular complexity index is 925. The quantitative estimate of drug-likeness (QED) is 0.399. The van der Waals surface area contributed by atoms with Crippen molar-refractivity contribution in [1.29, 1.82) is 0 Å². The molecule has 144 valence electrons. The molecule has 0 radical (unpaired) electrons. The van der Waals surface area contributed by atoms with Crippen LogP contribution in [0.25, 0.3) is 0 Å². The molecule has 0 aliphatic rings. The minimum Gasteiger partial charge on any atom is -0.490 e. The molecule has 5 heteroatoms. The molecule has 0 aromatic heterocycles. The molecule has 0 saturated heterocycles. The van der Waals surface area contributed by atoms with Crippen LogP contribution in [0.4, 0.5) is 5.69 Å². The van der Waals surface area contributed by atoms with Crippen molar-refractivity contribution in [1.82, 2.24) is 0 Å². The molecule has 0 heterocycles. The Morgan fingerprint density at radius 3 is 2.21 bits per heavy atom. The second-order valence-corrected chi connectivity index (χ2v) is 6.27. The van der Waals surface area contributed by atoms with E-state index in [0.717, 1.165) is 22.7 Å². The highest BCUT2D eigenvalue weighted by Gasteiger charge is 2.11. The lowest BCUT2D eigenvalue weighted by molar-refractivity contribution is 0.288. The van der Waals surface area contributed by atoms with Crippen molar-refractivity contribution in [2.24, 2.45) is 4.99 Å². The number of aliphatic imine (C=N–C) groups is 1. The molecule has 0 atom stereocenters. The van der Waals surface area contributed by atoms with Crippen LogP contribution in [0.1, 0.15) is 19.4 Å². The third kappa shape index (κ3) is 5.27. The topological polar surface area (TPSA) is 40.0 Å². The van der Waals surface area contributed by atoms with Crippen LogP contribution in [0.3, 0.4) is 0 Å². The van der Waals surface area contributed by atoms with E-state index >= 15 is 0 Å². The summed E-state index contributed by atoms with van der Waals surface area (Å²) in [5.41, 5.74) is 1.64. The van der Waals surface area contributed by atoms with E-state index in [4.69, 9.17) is 25.8 Å². The highest BCUT2D eigenvalue weighted by Crippen LogP contribution is 2.36. The van der Waals surface area contributed by atoms with E-state index in [-0.39, 0.29) is 0 Å². The molecule has 28 heavy (non-hydrogen) atoms. The van der Waals surface area contributed by atoms with Gasteiger partial charge in [0.2, 0.25) is 0 Å². The number of hydrogen-bond acceptors (Lipinski definition) is 4. The van der Waals surface area contributed by atoms with Gasteiger partial charge in [0.15, 0.2) is 11.5 Å². The number of rotatable bonds is 8. The average molecular weight is 396 g/mol. The van der Waals surface area contributed by atoms with Gasteiger partial charge >= 0.3 is 0 Å². The molecule has 0 bridgehead atoms. The zero-order chi connectivity index (χ0) is 19.8. The van der Waals surface area contributed by atoms with Crippen LogP contribution in [0.2, 0.25) is 5.02 Å². The summed E-state index contributed by atoms with van der Waals surface area (Å²) in [4.78, 5) is 4.51. The van der Waals surface area contributed by atoms with E-state index in [1.165, 1.54) is 0 Å². The van der Waals surface area contributed by atoms with Gasteiger partial charge in [-0.2, -0.15) is 0 Å². The van der Waals surface area contributed by atoms with E-state index in [1.54, 1.807) is 6.21 Å². The van der Waals surface area contributed by atoms with Gasteiger partial charge in [-0.1, -0.05) is 29.8 Å². The highest BCUT2D eigenvalue weighted by atomic mass is 35.5. The van der Waals surface area contributed by atoms with Gasteiger partial charge in [0.1, 0.15) is 11.5 Å². The minimum atomic E-state index is 0.501. The molecule has 3 aromatic carbocycles. The van der Waals surface area contributed by atoms with Crippen molar-refractivity contribution in [3.05, 3.63) is 77.3 Å². The molecule has 0 aliphatic heterocycles. The van der Waals surface area contributed by atoms with Gasteiger partial charge in [-0.3, -0.25) is 4.99 Å². The Hall–Kier alpha value is -2.98. The third-order valence-corrected chi connectivity index (χ3v) is 4.08. The summed E-state index contributed by atoms with van der Waals surface area (Å²) in [6.07, 6.45) is 1.75. The van der Waals surface area contributed by atoms with Crippen LogP contribution in [-0.4, -0.2) is 19.4 Å². The van der Waals surface area contributed by atoms with Gasteiger partial charge in [0.25, 0.3) is 0 Å². The van der Waals surface area contributed by atoms with Crippen molar-refractivity contribution >= 4 is 23.5 Å². The van der Waals surface area contributed by atoms with Crippen molar-refractivity contribution < 1.29 is 14.2 Å². The molecule has 0 N–H and O–H groups in total. The molecule has 4 nitrogen and oxygen atoms in total. The summed E-state index contributed by atoms with van der Waals surface area (Å²) in [5.74, 6) is 2.73. The van der Waals surface area contributed by atoms with Crippen LogP contribution < -0.4 is 14.2 Å². The van der Waals surface area contributed by atoms with Crippen LogP contribution in [0.5, 0.6) is 23.0 Å². The van der Waals surface area contributed by atoms with Gasteiger partial charge < -0.3 is 14.2 Å². The molecule has 0 fully saturated rings. The summed E-state index contributed by atoms with van der Waals surface area (Å²) in [6, 6.07) is 20.9. The van der Waals surface area contributed by atoms with Crippen molar-refractivity contribution in [3.8, 4) is 23.0 Å². The van der Waals surface area contributed by atoms with Gasteiger partial charge in [0, 0.05) is 6.21 Å². The Labute approximate surface area is 170 Å².